The van der Waals surface area contributed by atoms with Gasteiger partial charge in [0.15, 0.2) is 0 Å². The molecule has 1 atom stereocenters. The van der Waals surface area contributed by atoms with Crippen molar-refractivity contribution in [2.24, 2.45) is 5.84 Å². The van der Waals surface area contributed by atoms with Crippen molar-refractivity contribution in [2.45, 2.75) is 46.6 Å². The molecule has 6 nitrogen and oxygen atoms in total. The van der Waals surface area contributed by atoms with Crippen LogP contribution in [-0.4, -0.2) is 9.97 Å². The van der Waals surface area contributed by atoms with E-state index in [1.807, 2.05) is 46.8 Å². The first-order valence-corrected chi connectivity index (χ1v) is 7.10. The fraction of sp³-hybridized carbons (Fsp3) is 0.467. The first-order chi connectivity index (χ1) is 9.92. The minimum Gasteiger partial charge on any atom is -0.464 e. The van der Waals surface area contributed by atoms with Crippen LogP contribution < -0.4 is 16.6 Å². The summed E-state index contributed by atoms with van der Waals surface area (Å²) in [6, 6.07) is 3.93. The summed E-state index contributed by atoms with van der Waals surface area (Å²) >= 11 is 0. The number of aryl methyl sites for hydroxylation is 1. The summed E-state index contributed by atoms with van der Waals surface area (Å²) in [7, 11) is 0. The average Bonchev–Trinajstić information content (AvgIpc) is 2.87. The monoisotopic (exact) mass is 289 g/mol. The number of hydrogen-bond donors (Lipinski definition) is 3. The number of furan rings is 1. The molecule has 4 N–H and O–H groups in total. The molecular formula is C15H23N5O. The average molecular weight is 289 g/mol. The number of nitrogen functional groups attached to an aromatic ring is 1. The Labute approximate surface area is 125 Å². The predicted octanol–water partition coefficient (Wildman–Crippen LogP) is 3.27. The molecule has 0 fully saturated rings. The van der Waals surface area contributed by atoms with Gasteiger partial charge in [-0.15, -0.1) is 0 Å². The van der Waals surface area contributed by atoms with Crippen molar-refractivity contribution in [2.75, 3.05) is 10.7 Å². The maximum Gasteiger partial charge on any atom is 0.148 e. The van der Waals surface area contributed by atoms with Gasteiger partial charge in [0.2, 0.25) is 0 Å². The lowest BCUT2D eigenvalue weighted by Crippen LogP contribution is -2.16. The summed E-state index contributed by atoms with van der Waals surface area (Å²) in [4.78, 5) is 9.02. The Morgan fingerprint density at radius 2 is 1.76 bits per heavy atom. The van der Waals surface area contributed by atoms with Crippen molar-refractivity contribution >= 4 is 11.6 Å². The summed E-state index contributed by atoms with van der Waals surface area (Å²) in [5, 5.41) is 3.37. The van der Waals surface area contributed by atoms with Gasteiger partial charge >= 0.3 is 0 Å². The molecular weight excluding hydrogens is 266 g/mol. The number of anilines is 2. The van der Waals surface area contributed by atoms with Gasteiger partial charge in [0, 0.05) is 11.5 Å². The van der Waals surface area contributed by atoms with Crippen LogP contribution in [-0.2, 0) is 0 Å². The number of nitrogens with zero attached hydrogens (tertiary/aromatic N) is 2. The molecule has 2 heterocycles. The van der Waals surface area contributed by atoms with Crippen molar-refractivity contribution in [3.63, 3.8) is 0 Å². The summed E-state index contributed by atoms with van der Waals surface area (Å²) in [5.74, 6) is 9.69. The van der Waals surface area contributed by atoms with Crippen LogP contribution in [0.3, 0.4) is 0 Å². The maximum atomic E-state index is 5.65. The molecule has 1 unspecified atom stereocenters. The van der Waals surface area contributed by atoms with E-state index in [4.69, 9.17) is 10.3 Å². The highest BCUT2D eigenvalue weighted by atomic mass is 16.3. The van der Waals surface area contributed by atoms with E-state index in [1.54, 1.807) is 0 Å². The van der Waals surface area contributed by atoms with E-state index >= 15 is 0 Å². The van der Waals surface area contributed by atoms with E-state index in [0.717, 1.165) is 28.7 Å². The first-order valence-electron chi connectivity index (χ1n) is 7.10. The van der Waals surface area contributed by atoms with Gasteiger partial charge in [-0.1, -0.05) is 13.8 Å². The molecule has 0 aliphatic heterocycles. The van der Waals surface area contributed by atoms with Crippen LogP contribution in [0.15, 0.2) is 16.5 Å². The summed E-state index contributed by atoms with van der Waals surface area (Å²) in [6.45, 7) is 9.99. The van der Waals surface area contributed by atoms with Crippen molar-refractivity contribution in [1.82, 2.24) is 9.97 Å². The minimum atomic E-state index is 0.0120. The Morgan fingerprint density at radius 3 is 2.29 bits per heavy atom. The van der Waals surface area contributed by atoms with Crippen LogP contribution in [0.1, 0.15) is 55.6 Å². The van der Waals surface area contributed by atoms with E-state index in [1.165, 1.54) is 0 Å². The zero-order chi connectivity index (χ0) is 15.6. The van der Waals surface area contributed by atoms with Gasteiger partial charge in [-0.25, -0.2) is 15.8 Å². The van der Waals surface area contributed by atoms with Crippen LogP contribution in [0.4, 0.5) is 11.6 Å². The number of hydrazine groups is 1. The van der Waals surface area contributed by atoms with Crippen molar-refractivity contribution < 1.29 is 4.42 Å². The number of hydrogen-bond acceptors (Lipinski definition) is 6. The van der Waals surface area contributed by atoms with Crippen LogP contribution in [0.2, 0.25) is 0 Å². The Morgan fingerprint density at radius 1 is 1.10 bits per heavy atom. The van der Waals surface area contributed by atoms with Crippen LogP contribution in [0.5, 0.6) is 0 Å². The van der Waals surface area contributed by atoms with Crippen LogP contribution in [0, 0.1) is 13.8 Å². The Balaban J connectivity index is 2.32. The lowest BCUT2D eigenvalue weighted by molar-refractivity contribution is 0.466. The van der Waals surface area contributed by atoms with Crippen molar-refractivity contribution in [3.8, 4) is 0 Å². The van der Waals surface area contributed by atoms with E-state index in [9.17, 15) is 0 Å². The maximum absolute atomic E-state index is 5.65. The molecule has 21 heavy (non-hydrogen) atoms. The Bertz CT molecular complexity index is 621. The van der Waals surface area contributed by atoms with E-state index < -0.39 is 0 Å². The zero-order valence-corrected chi connectivity index (χ0v) is 13.2. The number of aromatic nitrogens is 2. The number of nitrogens with one attached hydrogen (secondary N) is 2. The van der Waals surface area contributed by atoms with Crippen molar-refractivity contribution in [3.05, 3.63) is 35.0 Å². The largest absolute Gasteiger partial charge is 0.464 e. The molecule has 0 bridgehead atoms. The molecule has 0 aliphatic rings. The summed E-state index contributed by atoms with van der Waals surface area (Å²) in [5.41, 5.74) is 3.52. The highest BCUT2D eigenvalue weighted by Crippen LogP contribution is 2.26. The summed E-state index contributed by atoms with van der Waals surface area (Å²) in [6.07, 6.45) is 0. The third-order valence-electron chi connectivity index (χ3n) is 3.36. The fourth-order valence-corrected chi connectivity index (χ4v) is 2.04. The highest BCUT2D eigenvalue weighted by molar-refractivity contribution is 5.57. The standard InChI is InChI=1S/C15H23N5O/c1-8(2)13-18-14(10(4)15(19-13)20-16)17-11(5)12-7-6-9(3)21-12/h6-8,11H,16H2,1-5H3,(H2,17,18,19,20). The molecule has 0 amide bonds. The van der Waals surface area contributed by atoms with Gasteiger partial charge < -0.3 is 15.2 Å². The molecule has 2 rings (SSSR count). The van der Waals surface area contributed by atoms with Crippen LogP contribution in [0.25, 0.3) is 0 Å². The van der Waals surface area contributed by atoms with Gasteiger partial charge in [0.1, 0.15) is 29.0 Å². The van der Waals surface area contributed by atoms with Crippen molar-refractivity contribution in [1.29, 1.82) is 0 Å². The highest BCUT2D eigenvalue weighted by Gasteiger charge is 2.16. The molecule has 0 saturated carbocycles. The molecule has 0 aromatic carbocycles. The first kappa shape index (κ1) is 15.3. The van der Waals surface area contributed by atoms with E-state index in [0.29, 0.717) is 5.82 Å². The topological polar surface area (TPSA) is 89.0 Å². The zero-order valence-electron chi connectivity index (χ0n) is 13.2. The van der Waals surface area contributed by atoms with Gasteiger partial charge in [-0.2, -0.15) is 0 Å². The van der Waals surface area contributed by atoms with Crippen LogP contribution >= 0.6 is 0 Å². The lowest BCUT2D eigenvalue weighted by atomic mass is 10.2. The second kappa shape index (κ2) is 6.13. The molecule has 2 aromatic rings. The van der Waals surface area contributed by atoms with Gasteiger partial charge in [-0.05, 0) is 32.9 Å². The number of rotatable bonds is 5. The predicted molar refractivity (Wildman–Crippen MR) is 84.2 cm³/mol. The lowest BCUT2D eigenvalue weighted by Gasteiger charge is -2.18. The van der Waals surface area contributed by atoms with Gasteiger partial charge in [0.05, 0.1) is 6.04 Å². The molecule has 0 spiro atoms. The molecule has 114 valence electrons. The van der Waals surface area contributed by atoms with Gasteiger partial charge in [0.25, 0.3) is 0 Å². The Kier molecular flexibility index (Phi) is 4.47. The quantitative estimate of drug-likeness (QED) is 0.578. The smallest absolute Gasteiger partial charge is 0.148 e. The number of nitrogens with two attached hydrogens (primary N) is 1. The third-order valence-corrected chi connectivity index (χ3v) is 3.36. The molecule has 0 aliphatic carbocycles. The van der Waals surface area contributed by atoms with E-state index in [-0.39, 0.29) is 12.0 Å². The molecule has 6 heteroatoms. The minimum absolute atomic E-state index is 0.0120. The molecule has 2 aromatic heterocycles. The van der Waals surface area contributed by atoms with Gasteiger partial charge in [-0.3, -0.25) is 0 Å². The molecule has 0 saturated heterocycles. The SMILES string of the molecule is Cc1ccc(C(C)Nc2nc(C(C)C)nc(NN)c2C)o1. The third kappa shape index (κ3) is 3.33. The van der Waals surface area contributed by atoms with E-state index in [2.05, 4.69) is 20.7 Å². The second-order valence-electron chi connectivity index (χ2n) is 5.52. The summed E-state index contributed by atoms with van der Waals surface area (Å²) < 4.78 is 5.65. The second-order valence-corrected chi connectivity index (χ2v) is 5.52. The fourth-order valence-electron chi connectivity index (χ4n) is 2.04. The Hall–Kier alpha value is -2.08. The normalized spacial score (nSPS) is 12.5. The molecule has 0 radical (unpaired) electrons.